The van der Waals surface area contributed by atoms with Crippen LogP contribution in [0.15, 0.2) is 23.8 Å². The van der Waals surface area contributed by atoms with E-state index in [0.717, 1.165) is 38.5 Å². The van der Waals surface area contributed by atoms with Gasteiger partial charge in [0.2, 0.25) is 0 Å². The molecule has 0 aromatic carbocycles. The van der Waals surface area contributed by atoms with E-state index in [9.17, 15) is 9.90 Å². The molecule has 0 bridgehead atoms. The van der Waals surface area contributed by atoms with Crippen molar-refractivity contribution in [3.63, 3.8) is 0 Å². The molecule has 2 unspecified atom stereocenters. The number of hydrogen-bond donors (Lipinski definition) is 0. The Hall–Kier alpha value is -1.05. The molecule has 0 aliphatic heterocycles. The summed E-state index contributed by atoms with van der Waals surface area (Å²) in [6.07, 6.45) is 14.1. The second-order valence-electron chi connectivity index (χ2n) is 5.99. The Labute approximate surface area is 125 Å². The van der Waals surface area contributed by atoms with E-state index in [-0.39, 0.29) is 5.92 Å². The second-order valence-corrected chi connectivity index (χ2v) is 5.99. The molecule has 0 N–H and O–H groups in total. The van der Waals surface area contributed by atoms with Gasteiger partial charge in [-0.2, -0.15) is 0 Å². The van der Waals surface area contributed by atoms with Gasteiger partial charge in [-0.1, -0.05) is 50.5 Å². The molecule has 0 amide bonds. The van der Waals surface area contributed by atoms with E-state index >= 15 is 0 Å². The standard InChI is InChI=1S/C18H32O2/c1-5-6-7-10-15(2)11-8-12-16(3)13-9-14-17(4)18(19)20/h5-6,11,16-17H,7-10,12-14H2,1-4H3,(H,19,20)/p-1/b6-5-,15-11+. The number of hydrogen-bond acceptors (Lipinski definition) is 2. The van der Waals surface area contributed by atoms with Crippen molar-refractivity contribution in [1.29, 1.82) is 0 Å². The molecule has 0 radical (unpaired) electrons. The minimum atomic E-state index is -0.919. The van der Waals surface area contributed by atoms with E-state index in [0.29, 0.717) is 5.92 Å². The van der Waals surface area contributed by atoms with Crippen LogP contribution in [-0.2, 0) is 4.79 Å². The quantitative estimate of drug-likeness (QED) is 0.530. The summed E-state index contributed by atoms with van der Waals surface area (Å²) < 4.78 is 0. The Morgan fingerprint density at radius 1 is 1.15 bits per heavy atom. The summed E-state index contributed by atoms with van der Waals surface area (Å²) in [5.41, 5.74) is 1.47. The van der Waals surface area contributed by atoms with Gasteiger partial charge in [0.05, 0.1) is 0 Å². The molecule has 20 heavy (non-hydrogen) atoms. The molecule has 0 aliphatic rings. The highest BCUT2D eigenvalue weighted by molar-refractivity contribution is 5.66. The molecule has 0 fully saturated rings. The van der Waals surface area contributed by atoms with E-state index < -0.39 is 5.97 Å². The first-order valence-corrected chi connectivity index (χ1v) is 7.95. The number of carboxylic acids is 1. The molecule has 2 nitrogen and oxygen atoms in total. The van der Waals surface area contributed by atoms with Gasteiger partial charge < -0.3 is 9.90 Å². The van der Waals surface area contributed by atoms with Gasteiger partial charge >= 0.3 is 0 Å². The molecule has 0 aromatic rings. The van der Waals surface area contributed by atoms with Crippen molar-refractivity contribution in [2.24, 2.45) is 11.8 Å². The van der Waals surface area contributed by atoms with Crippen LogP contribution in [-0.4, -0.2) is 5.97 Å². The van der Waals surface area contributed by atoms with Crippen LogP contribution in [0.3, 0.4) is 0 Å². The highest BCUT2D eigenvalue weighted by Gasteiger charge is 2.05. The van der Waals surface area contributed by atoms with Gasteiger partial charge in [-0.05, 0) is 57.8 Å². The second kappa shape index (κ2) is 11.7. The SMILES string of the molecule is C/C=C\CC/C(C)=C/CCC(C)CCCC(C)C(=O)[O-]. The summed E-state index contributed by atoms with van der Waals surface area (Å²) in [4.78, 5) is 10.6. The molecule has 0 aliphatic carbocycles. The summed E-state index contributed by atoms with van der Waals surface area (Å²) in [6, 6.07) is 0. The molecule has 2 atom stereocenters. The molecule has 116 valence electrons. The third-order valence-electron chi connectivity index (χ3n) is 3.83. The monoisotopic (exact) mass is 279 g/mol. The molecule has 0 saturated carbocycles. The first kappa shape index (κ1) is 18.9. The lowest BCUT2D eigenvalue weighted by Crippen LogP contribution is -2.29. The van der Waals surface area contributed by atoms with Crippen LogP contribution in [0.25, 0.3) is 0 Å². The van der Waals surface area contributed by atoms with Crippen LogP contribution in [0.4, 0.5) is 0 Å². The number of carboxylic acid groups (broad SMARTS) is 1. The number of carbonyl (C=O) groups excluding carboxylic acids is 1. The van der Waals surface area contributed by atoms with Gasteiger partial charge in [-0.3, -0.25) is 0 Å². The molecule has 0 rings (SSSR count). The van der Waals surface area contributed by atoms with Crippen molar-refractivity contribution in [2.75, 3.05) is 0 Å². The average Bonchev–Trinajstić information content (AvgIpc) is 2.38. The number of rotatable bonds is 11. The molecular weight excluding hydrogens is 248 g/mol. The fourth-order valence-electron chi connectivity index (χ4n) is 2.23. The van der Waals surface area contributed by atoms with Crippen molar-refractivity contribution in [1.82, 2.24) is 0 Å². The Balaban J connectivity index is 3.69. The molecule has 0 spiro atoms. The summed E-state index contributed by atoms with van der Waals surface area (Å²) in [5.74, 6) is -0.558. The molecule has 0 aromatic heterocycles. The maximum absolute atomic E-state index is 10.6. The predicted molar refractivity (Wildman–Crippen MR) is 84.2 cm³/mol. The Bertz CT molecular complexity index is 315. The lowest BCUT2D eigenvalue weighted by molar-refractivity contribution is -0.311. The molecule has 2 heteroatoms. The van der Waals surface area contributed by atoms with E-state index in [1.54, 1.807) is 6.92 Å². The van der Waals surface area contributed by atoms with Crippen LogP contribution in [0.2, 0.25) is 0 Å². The third kappa shape index (κ3) is 10.8. The summed E-state index contributed by atoms with van der Waals surface area (Å²) in [7, 11) is 0. The minimum Gasteiger partial charge on any atom is -0.550 e. The maximum Gasteiger partial charge on any atom is 0.0442 e. The minimum absolute atomic E-state index is 0.309. The maximum atomic E-state index is 10.6. The van der Waals surface area contributed by atoms with Crippen molar-refractivity contribution in [2.45, 2.75) is 72.6 Å². The lowest BCUT2D eigenvalue weighted by atomic mass is 9.95. The Morgan fingerprint density at radius 3 is 2.45 bits per heavy atom. The predicted octanol–water partition coefficient (Wildman–Crippen LogP) is 4.26. The van der Waals surface area contributed by atoms with Crippen molar-refractivity contribution >= 4 is 5.97 Å². The Morgan fingerprint density at radius 2 is 1.85 bits per heavy atom. The number of carbonyl (C=O) groups is 1. The van der Waals surface area contributed by atoms with Crippen molar-refractivity contribution in [3.05, 3.63) is 23.8 Å². The van der Waals surface area contributed by atoms with Gasteiger partial charge in [0.25, 0.3) is 0 Å². The highest BCUT2D eigenvalue weighted by Crippen LogP contribution is 2.18. The van der Waals surface area contributed by atoms with Gasteiger partial charge in [0.1, 0.15) is 0 Å². The van der Waals surface area contributed by atoms with E-state index in [1.807, 2.05) is 0 Å². The number of aliphatic carboxylic acids is 1. The lowest BCUT2D eigenvalue weighted by Gasteiger charge is -2.14. The van der Waals surface area contributed by atoms with Gasteiger partial charge in [-0.25, -0.2) is 0 Å². The van der Waals surface area contributed by atoms with E-state index in [2.05, 4.69) is 39.0 Å². The van der Waals surface area contributed by atoms with Gasteiger partial charge in [0, 0.05) is 5.97 Å². The summed E-state index contributed by atoms with van der Waals surface area (Å²) >= 11 is 0. The highest BCUT2D eigenvalue weighted by atomic mass is 16.4. The van der Waals surface area contributed by atoms with Crippen LogP contribution in [0.1, 0.15) is 72.6 Å². The fourth-order valence-corrected chi connectivity index (χ4v) is 2.23. The largest absolute Gasteiger partial charge is 0.550 e. The molecular formula is C18H31O2-. The zero-order chi connectivity index (χ0) is 15.4. The van der Waals surface area contributed by atoms with Crippen LogP contribution < -0.4 is 5.11 Å². The first-order valence-electron chi connectivity index (χ1n) is 7.95. The third-order valence-corrected chi connectivity index (χ3v) is 3.83. The van der Waals surface area contributed by atoms with Crippen molar-refractivity contribution < 1.29 is 9.90 Å². The fraction of sp³-hybridized carbons (Fsp3) is 0.722. The zero-order valence-electron chi connectivity index (χ0n) is 13.7. The summed E-state index contributed by atoms with van der Waals surface area (Å²) in [5, 5.41) is 10.6. The average molecular weight is 279 g/mol. The van der Waals surface area contributed by atoms with Gasteiger partial charge in [0.15, 0.2) is 0 Å². The smallest absolute Gasteiger partial charge is 0.0442 e. The first-order chi connectivity index (χ1) is 9.47. The Kier molecular flexibility index (Phi) is 11.1. The van der Waals surface area contributed by atoms with Crippen LogP contribution >= 0.6 is 0 Å². The van der Waals surface area contributed by atoms with Crippen molar-refractivity contribution in [3.8, 4) is 0 Å². The topological polar surface area (TPSA) is 40.1 Å². The van der Waals surface area contributed by atoms with Gasteiger partial charge in [-0.15, -0.1) is 0 Å². The summed E-state index contributed by atoms with van der Waals surface area (Å²) in [6.45, 7) is 8.25. The van der Waals surface area contributed by atoms with E-state index in [4.69, 9.17) is 0 Å². The zero-order valence-corrected chi connectivity index (χ0v) is 13.7. The number of allylic oxidation sites excluding steroid dienone is 4. The normalized spacial score (nSPS) is 15.5. The molecule has 0 heterocycles. The molecule has 0 saturated heterocycles. The van der Waals surface area contributed by atoms with E-state index in [1.165, 1.54) is 12.0 Å². The van der Waals surface area contributed by atoms with Crippen LogP contribution in [0, 0.1) is 11.8 Å². The van der Waals surface area contributed by atoms with Crippen LogP contribution in [0.5, 0.6) is 0 Å².